The van der Waals surface area contributed by atoms with Gasteiger partial charge in [0.15, 0.2) is 0 Å². The highest BCUT2D eigenvalue weighted by Crippen LogP contribution is 2.10. The van der Waals surface area contributed by atoms with Crippen molar-refractivity contribution >= 4 is 24.9 Å². The van der Waals surface area contributed by atoms with Crippen LogP contribution in [0.4, 0.5) is 10.1 Å². The van der Waals surface area contributed by atoms with E-state index >= 15 is 0 Å². The zero-order valence-electron chi connectivity index (χ0n) is 6.17. The quantitative estimate of drug-likeness (QED) is 0.425. The summed E-state index contributed by atoms with van der Waals surface area (Å²) in [6.45, 7) is 0. The molecule has 2 radical (unpaired) electrons. The van der Waals surface area contributed by atoms with Crippen LogP contribution in [0.3, 0.4) is 0 Å². The lowest BCUT2D eigenvalue weighted by atomic mass is 9.92. The van der Waals surface area contributed by atoms with Gasteiger partial charge in [-0.1, -0.05) is 11.5 Å². The maximum Gasteiger partial charge on any atom is 0.250 e. The SMILES string of the molecule is [B]c1cc(C(N)=O)c(N)cc1F. The first-order chi connectivity index (χ1) is 5.52. The standard InChI is InChI=1S/C7H6BFN2O/c8-4-1-3(7(11)12)6(10)2-5(4)9/h1-2H,10H2,(H2,11,12). The van der Waals surface area contributed by atoms with E-state index in [1.54, 1.807) is 0 Å². The predicted octanol–water partition coefficient (Wildman–Crippen LogP) is -0.699. The second kappa shape index (κ2) is 2.85. The van der Waals surface area contributed by atoms with Crippen molar-refractivity contribution in [2.75, 3.05) is 5.73 Å². The molecule has 1 aromatic rings. The van der Waals surface area contributed by atoms with Gasteiger partial charge in [0.2, 0.25) is 0 Å². The van der Waals surface area contributed by atoms with Crippen LogP contribution < -0.4 is 16.9 Å². The van der Waals surface area contributed by atoms with Gasteiger partial charge in [-0.2, -0.15) is 0 Å². The zero-order valence-corrected chi connectivity index (χ0v) is 6.17. The van der Waals surface area contributed by atoms with Crippen molar-refractivity contribution in [2.45, 2.75) is 0 Å². The Labute approximate surface area is 70.0 Å². The van der Waals surface area contributed by atoms with Crippen molar-refractivity contribution in [1.82, 2.24) is 0 Å². The van der Waals surface area contributed by atoms with Crippen LogP contribution in [0.1, 0.15) is 10.4 Å². The van der Waals surface area contributed by atoms with Gasteiger partial charge >= 0.3 is 0 Å². The van der Waals surface area contributed by atoms with Gasteiger partial charge in [0.05, 0.1) is 5.56 Å². The van der Waals surface area contributed by atoms with E-state index in [1.165, 1.54) is 0 Å². The van der Waals surface area contributed by atoms with Crippen LogP contribution in [0.15, 0.2) is 12.1 Å². The number of amides is 1. The highest BCUT2D eigenvalue weighted by atomic mass is 19.1. The Balaban J connectivity index is 3.33. The fourth-order valence-electron chi connectivity index (χ4n) is 0.819. The Kier molecular flexibility index (Phi) is 2.04. The summed E-state index contributed by atoms with van der Waals surface area (Å²) in [7, 11) is 5.19. The molecule has 0 saturated heterocycles. The lowest BCUT2D eigenvalue weighted by Gasteiger charge is -2.03. The van der Waals surface area contributed by atoms with Crippen molar-refractivity contribution in [3.63, 3.8) is 0 Å². The highest BCUT2D eigenvalue weighted by molar-refractivity contribution is 6.33. The van der Waals surface area contributed by atoms with Crippen LogP contribution in [-0.2, 0) is 0 Å². The molecule has 0 atom stereocenters. The molecule has 3 nitrogen and oxygen atoms in total. The molecular weight excluding hydrogens is 158 g/mol. The van der Waals surface area contributed by atoms with E-state index in [0.29, 0.717) is 0 Å². The first-order valence-corrected chi connectivity index (χ1v) is 3.16. The van der Waals surface area contributed by atoms with Gasteiger partial charge < -0.3 is 11.5 Å². The monoisotopic (exact) mass is 164 g/mol. The average molecular weight is 164 g/mol. The second-order valence-corrected chi connectivity index (χ2v) is 2.33. The molecule has 0 aliphatic carbocycles. The first kappa shape index (κ1) is 8.58. The molecule has 1 amide bonds. The van der Waals surface area contributed by atoms with Crippen molar-refractivity contribution in [2.24, 2.45) is 5.73 Å². The molecule has 0 heterocycles. The number of hydrogen-bond donors (Lipinski definition) is 2. The van der Waals surface area contributed by atoms with Crippen LogP contribution in [0, 0.1) is 5.82 Å². The van der Waals surface area contributed by atoms with Gasteiger partial charge in [-0.15, -0.1) is 0 Å². The van der Waals surface area contributed by atoms with Crippen molar-refractivity contribution in [1.29, 1.82) is 0 Å². The van der Waals surface area contributed by atoms with Crippen molar-refractivity contribution in [3.8, 4) is 0 Å². The summed E-state index contributed by atoms with van der Waals surface area (Å²) in [4.78, 5) is 10.6. The molecule has 0 aromatic heterocycles. The molecule has 0 spiro atoms. The van der Waals surface area contributed by atoms with E-state index in [-0.39, 0.29) is 16.7 Å². The second-order valence-electron chi connectivity index (χ2n) is 2.33. The normalized spacial score (nSPS) is 9.75. The number of nitrogens with two attached hydrogens (primary N) is 2. The van der Waals surface area contributed by atoms with Crippen LogP contribution in [0.25, 0.3) is 0 Å². The minimum Gasteiger partial charge on any atom is -0.398 e. The molecule has 1 aromatic carbocycles. The molecule has 0 fully saturated rings. The zero-order chi connectivity index (χ0) is 9.30. The van der Waals surface area contributed by atoms with E-state index in [0.717, 1.165) is 12.1 Å². The summed E-state index contributed by atoms with van der Waals surface area (Å²) in [5.41, 5.74) is 10.1. The van der Waals surface area contributed by atoms with Crippen LogP contribution in [0.2, 0.25) is 0 Å². The molecule has 1 rings (SSSR count). The number of primary amides is 1. The van der Waals surface area contributed by atoms with Crippen LogP contribution in [0.5, 0.6) is 0 Å². The van der Waals surface area contributed by atoms with Crippen LogP contribution in [-0.4, -0.2) is 13.8 Å². The highest BCUT2D eigenvalue weighted by Gasteiger charge is 2.08. The predicted molar refractivity (Wildman–Crippen MR) is 44.7 cm³/mol. The third kappa shape index (κ3) is 1.39. The molecule has 60 valence electrons. The van der Waals surface area contributed by atoms with E-state index < -0.39 is 11.7 Å². The van der Waals surface area contributed by atoms with Gasteiger partial charge in [0, 0.05) is 5.69 Å². The minimum absolute atomic E-state index is 0.00537. The van der Waals surface area contributed by atoms with E-state index in [1.807, 2.05) is 0 Å². The lowest BCUT2D eigenvalue weighted by molar-refractivity contribution is 0.100. The molecule has 12 heavy (non-hydrogen) atoms. The summed E-state index contributed by atoms with van der Waals surface area (Å²) < 4.78 is 12.7. The van der Waals surface area contributed by atoms with E-state index in [2.05, 4.69) is 0 Å². The smallest absolute Gasteiger partial charge is 0.250 e. The number of hydrogen-bond acceptors (Lipinski definition) is 2. The van der Waals surface area contributed by atoms with Crippen molar-refractivity contribution < 1.29 is 9.18 Å². The Morgan fingerprint density at radius 1 is 1.50 bits per heavy atom. The summed E-state index contributed by atoms with van der Waals surface area (Å²) in [6, 6.07) is 2.09. The Hall–Kier alpha value is -1.52. The van der Waals surface area contributed by atoms with E-state index in [4.69, 9.17) is 19.3 Å². The van der Waals surface area contributed by atoms with Crippen LogP contribution >= 0.6 is 0 Å². The fourth-order valence-corrected chi connectivity index (χ4v) is 0.819. The Morgan fingerprint density at radius 2 is 2.08 bits per heavy atom. The molecule has 0 aliphatic rings. The third-order valence-electron chi connectivity index (χ3n) is 1.43. The lowest BCUT2D eigenvalue weighted by Crippen LogP contribution is -2.19. The molecule has 4 N–H and O–H groups in total. The molecule has 0 saturated carbocycles. The van der Waals surface area contributed by atoms with Gasteiger partial charge in [0.25, 0.3) is 5.91 Å². The topological polar surface area (TPSA) is 69.1 Å². The summed E-state index contributed by atoms with van der Waals surface area (Å²) in [5, 5.41) is 0. The van der Waals surface area contributed by atoms with Gasteiger partial charge in [-0.25, -0.2) is 4.39 Å². The maximum absolute atomic E-state index is 12.7. The maximum atomic E-state index is 12.7. The number of carbonyl (C=O) groups is 1. The number of rotatable bonds is 1. The number of benzene rings is 1. The molecular formula is C7H6BFN2O. The number of carbonyl (C=O) groups excluding carboxylic acids is 1. The minimum atomic E-state index is -0.723. The number of halogens is 1. The van der Waals surface area contributed by atoms with Gasteiger partial charge in [-0.3, -0.25) is 4.79 Å². The first-order valence-electron chi connectivity index (χ1n) is 3.16. The van der Waals surface area contributed by atoms with Crippen molar-refractivity contribution in [3.05, 3.63) is 23.5 Å². The average Bonchev–Trinajstić information content (AvgIpc) is 1.96. The summed E-state index contributed by atoms with van der Waals surface area (Å²) >= 11 is 0. The third-order valence-corrected chi connectivity index (χ3v) is 1.43. The molecule has 5 heteroatoms. The molecule has 0 unspecified atom stereocenters. The number of anilines is 1. The fraction of sp³-hybridized carbons (Fsp3) is 0. The van der Waals surface area contributed by atoms with E-state index in [9.17, 15) is 9.18 Å². The summed E-state index contributed by atoms with van der Waals surface area (Å²) in [6.07, 6.45) is 0. The number of nitrogen functional groups attached to an aromatic ring is 1. The van der Waals surface area contributed by atoms with Gasteiger partial charge in [-0.05, 0) is 6.07 Å². The Morgan fingerprint density at radius 3 is 2.58 bits per heavy atom. The Bertz CT molecular complexity index is 340. The molecule has 0 aliphatic heterocycles. The molecule has 0 bridgehead atoms. The largest absolute Gasteiger partial charge is 0.398 e. The summed E-state index contributed by atoms with van der Waals surface area (Å²) in [5.74, 6) is -1.38. The van der Waals surface area contributed by atoms with Gasteiger partial charge in [0.1, 0.15) is 13.7 Å².